The van der Waals surface area contributed by atoms with Gasteiger partial charge in [-0.05, 0) is 6.07 Å². The van der Waals surface area contributed by atoms with Crippen LogP contribution in [-0.2, 0) is 11.3 Å². The number of nitrogens with zero attached hydrogens (tertiary/aromatic N) is 2. The van der Waals surface area contributed by atoms with Crippen LogP contribution in [0.2, 0.25) is 0 Å². The maximum Gasteiger partial charge on any atom is 0.418 e. The minimum Gasteiger partial charge on any atom is -0.381 e. The minimum atomic E-state index is -4.47. The quantitative estimate of drug-likeness (QED) is 0.919. The first-order chi connectivity index (χ1) is 10.0. The first-order valence-corrected chi connectivity index (χ1v) is 6.18. The van der Waals surface area contributed by atoms with Gasteiger partial charge >= 0.3 is 6.18 Å². The zero-order valence-corrected chi connectivity index (χ0v) is 11.3. The van der Waals surface area contributed by atoms with Gasteiger partial charge in [0.25, 0.3) is 0 Å². The standard InChI is InChI=1S/C14H14F3N3O/c1-21-13(14(15,16)17)11-4-2-3-5-12(11)20-8-10-6-18-9-19-7-10/h2-7,9,13,20H,8H2,1H3. The second-order valence-corrected chi connectivity index (χ2v) is 4.34. The lowest BCUT2D eigenvalue weighted by molar-refractivity contribution is -0.215. The minimum absolute atomic E-state index is 0.0457. The molecule has 0 spiro atoms. The Hall–Kier alpha value is -2.15. The van der Waals surface area contributed by atoms with Crippen LogP contribution >= 0.6 is 0 Å². The van der Waals surface area contributed by atoms with Crippen LogP contribution in [0.5, 0.6) is 0 Å². The molecule has 7 heteroatoms. The Morgan fingerprint density at radius 1 is 1.19 bits per heavy atom. The fourth-order valence-corrected chi connectivity index (χ4v) is 1.94. The van der Waals surface area contributed by atoms with Crippen LogP contribution in [0.15, 0.2) is 43.0 Å². The molecule has 2 aromatic rings. The third-order valence-corrected chi connectivity index (χ3v) is 2.87. The van der Waals surface area contributed by atoms with Gasteiger partial charge < -0.3 is 10.1 Å². The van der Waals surface area contributed by atoms with Crippen LogP contribution in [0.25, 0.3) is 0 Å². The molecule has 112 valence electrons. The van der Waals surface area contributed by atoms with Crippen molar-refractivity contribution in [3.8, 4) is 0 Å². The maximum atomic E-state index is 13.0. The molecule has 21 heavy (non-hydrogen) atoms. The summed E-state index contributed by atoms with van der Waals surface area (Å²) in [5.74, 6) is 0. The molecule has 0 radical (unpaired) electrons. The first-order valence-electron chi connectivity index (χ1n) is 6.18. The second kappa shape index (κ2) is 6.53. The largest absolute Gasteiger partial charge is 0.418 e. The zero-order chi connectivity index (χ0) is 15.3. The fourth-order valence-electron chi connectivity index (χ4n) is 1.94. The SMILES string of the molecule is COC(c1ccccc1NCc1cncnc1)C(F)(F)F. The van der Waals surface area contributed by atoms with Gasteiger partial charge in [-0.1, -0.05) is 18.2 Å². The van der Waals surface area contributed by atoms with E-state index in [2.05, 4.69) is 20.0 Å². The van der Waals surface area contributed by atoms with Crippen molar-refractivity contribution < 1.29 is 17.9 Å². The van der Waals surface area contributed by atoms with E-state index in [0.29, 0.717) is 12.2 Å². The second-order valence-electron chi connectivity index (χ2n) is 4.34. The predicted octanol–water partition coefficient (Wildman–Crippen LogP) is 3.34. The summed E-state index contributed by atoms with van der Waals surface area (Å²) in [5.41, 5.74) is 1.18. The van der Waals surface area contributed by atoms with Crippen molar-refractivity contribution in [3.63, 3.8) is 0 Å². The summed E-state index contributed by atoms with van der Waals surface area (Å²) < 4.78 is 43.5. The molecular formula is C14H14F3N3O. The Morgan fingerprint density at radius 2 is 1.86 bits per heavy atom. The number of rotatable bonds is 5. The predicted molar refractivity (Wildman–Crippen MR) is 71.6 cm³/mol. The van der Waals surface area contributed by atoms with Gasteiger partial charge in [-0.25, -0.2) is 9.97 Å². The van der Waals surface area contributed by atoms with Crippen molar-refractivity contribution in [1.82, 2.24) is 9.97 Å². The van der Waals surface area contributed by atoms with Crippen LogP contribution in [0.1, 0.15) is 17.2 Å². The molecule has 0 aliphatic heterocycles. The molecule has 1 atom stereocenters. The summed E-state index contributed by atoms with van der Waals surface area (Å²) in [6, 6.07) is 6.18. The molecule has 0 fully saturated rings. The van der Waals surface area contributed by atoms with Crippen LogP contribution in [-0.4, -0.2) is 23.3 Å². The fraction of sp³-hybridized carbons (Fsp3) is 0.286. The third kappa shape index (κ3) is 3.91. The summed E-state index contributed by atoms with van der Waals surface area (Å²) >= 11 is 0. The molecule has 0 saturated heterocycles. The molecule has 1 heterocycles. The van der Waals surface area contributed by atoms with Gasteiger partial charge in [0.1, 0.15) is 6.33 Å². The van der Waals surface area contributed by atoms with E-state index in [4.69, 9.17) is 0 Å². The number of hydrogen-bond donors (Lipinski definition) is 1. The van der Waals surface area contributed by atoms with Crippen LogP contribution in [0.3, 0.4) is 0 Å². The Labute approximate surface area is 120 Å². The summed E-state index contributed by atoms with van der Waals surface area (Å²) in [5, 5.41) is 2.96. The molecule has 0 amide bonds. The van der Waals surface area contributed by atoms with Gasteiger partial charge in [0.15, 0.2) is 6.10 Å². The van der Waals surface area contributed by atoms with Crippen molar-refractivity contribution in [2.45, 2.75) is 18.8 Å². The molecule has 2 rings (SSSR count). The Bertz CT molecular complexity index is 575. The van der Waals surface area contributed by atoms with E-state index < -0.39 is 12.3 Å². The lowest BCUT2D eigenvalue weighted by Crippen LogP contribution is -2.23. The molecular weight excluding hydrogens is 283 g/mol. The molecule has 0 saturated carbocycles. The van der Waals surface area contributed by atoms with Gasteiger partial charge in [-0.15, -0.1) is 0 Å². The lowest BCUT2D eigenvalue weighted by atomic mass is 10.1. The number of methoxy groups -OCH3 is 1. The number of anilines is 1. The van der Waals surface area contributed by atoms with Crippen molar-refractivity contribution in [2.24, 2.45) is 0 Å². The highest BCUT2D eigenvalue weighted by molar-refractivity contribution is 5.52. The molecule has 1 aromatic heterocycles. The van der Waals surface area contributed by atoms with Crippen LogP contribution in [0.4, 0.5) is 18.9 Å². The summed E-state index contributed by atoms with van der Waals surface area (Å²) in [4.78, 5) is 7.71. The number of para-hydroxylation sites is 1. The van der Waals surface area contributed by atoms with Gasteiger partial charge in [0, 0.05) is 42.9 Å². The van der Waals surface area contributed by atoms with Gasteiger partial charge in [0.2, 0.25) is 0 Å². The van der Waals surface area contributed by atoms with Crippen LogP contribution in [0, 0.1) is 0 Å². The Balaban J connectivity index is 2.20. The molecule has 0 aliphatic rings. The number of halogens is 3. The molecule has 1 aromatic carbocycles. The van der Waals surface area contributed by atoms with Crippen molar-refractivity contribution in [2.75, 3.05) is 12.4 Å². The van der Waals surface area contributed by atoms with Crippen LogP contribution < -0.4 is 5.32 Å². The smallest absolute Gasteiger partial charge is 0.381 e. The summed E-state index contributed by atoms with van der Waals surface area (Å²) in [6.45, 7) is 0.326. The van der Waals surface area contributed by atoms with E-state index in [1.807, 2.05) is 0 Å². The normalized spacial score (nSPS) is 13.0. The zero-order valence-electron chi connectivity index (χ0n) is 11.3. The van der Waals surface area contributed by atoms with E-state index in [1.54, 1.807) is 30.6 Å². The monoisotopic (exact) mass is 297 g/mol. The van der Waals surface area contributed by atoms with Crippen molar-refractivity contribution >= 4 is 5.69 Å². The highest BCUT2D eigenvalue weighted by atomic mass is 19.4. The Morgan fingerprint density at radius 3 is 2.48 bits per heavy atom. The van der Waals surface area contributed by atoms with Gasteiger partial charge in [0.05, 0.1) is 0 Å². The van der Waals surface area contributed by atoms with Gasteiger partial charge in [-0.3, -0.25) is 0 Å². The Kier molecular flexibility index (Phi) is 4.74. The molecule has 0 bridgehead atoms. The van der Waals surface area contributed by atoms with E-state index in [9.17, 15) is 13.2 Å². The first kappa shape index (κ1) is 15.2. The van der Waals surface area contributed by atoms with Crippen molar-refractivity contribution in [1.29, 1.82) is 0 Å². The van der Waals surface area contributed by atoms with E-state index >= 15 is 0 Å². The highest BCUT2D eigenvalue weighted by Gasteiger charge is 2.42. The van der Waals surface area contributed by atoms with E-state index in [0.717, 1.165) is 12.7 Å². The number of ether oxygens (including phenoxy) is 1. The summed E-state index contributed by atoms with van der Waals surface area (Å²) in [6.07, 6.45) is -1.85. The third-order valence-electron chi connectivity index (χ3n) is 2.87. The molecule has 1 N–H and O–H groups in total. The topological polar surface area (TPSA) is 47.0 Å². The van der Waals surface area contributed by atoms with Crippen molar-refractivity contribution in [3.05, 3.63) is 54.1 Å². The number of nitrogens with one attached hydrogen (secondary N) is 1. The number of hydrogen-bond acceptors (Lipinski definition) is 4. The molecule has 1 unspecified atom stereocenters. The average Bonchev–Trinajstić information content (AvgIpc) is 2.46. The van der Waals surface area contributed by atoms with E-state index in [1.165, 1.54) is 12.4 Å². The number of alkyl halides is 3. The lowest BCUT2D eigenvalue weighted by Gasteiger charge is -2.22. The van der Waals surface area contributed by atoms with Gasteiger partial charge in [-0.2, -0.15) is 13.2 Å². The molecule has 4 nitrogen and oxygen atoms in total. The number of benzene rings is 1. The highest BCUT2D eigenvalue weighted by Crippen LogP contribution is 2.38. The average molecular weight is 297 g/mol. The molecule has 0 aliphatic carbocycles. The maximum absolute atomic E-state index is 13.0. The van der Waals surface area contributed by atoms with E-state index in [-0.39, 0.29) is 5.56 Å². The summed E-state index contributed by atoms with van der Waals surface area (Å²) in [7, 11) is 1.04. The number of aromatic nitrogens is 2.